The fourth-order valence-electron chi connectivity index (χ4n) is 1.98. The van der Waals surface area contributed by atoms with Gasteiger partial charge in [-0.25, -0.2) is 9.18 Å². The van der Waals surface area contributed by atoms with Gasteiger partial charge in [-0.15, -0.1) is 11.8 Å². The number of ether oxygens (including phenoxy) is 1. The lowest BCUT2D eigenvalue weighted by atomic mass is 10.2. The summed E-state index contributed by atoms with van der Waals surface area (Å²) in [6.45, 7) is 0. The van der Waals surface area contributed by atoms with Crippen LogP contribution in [0.15, 0.2) is 36.4 Å². The topological polar surface area (TPSA) is 55.4 Å². The van der Waals surface area contributed by atoms with Crippen molar-refractivity contribution in [3.05, 3.63) is 63.4 Å². The summed E-state index contributed by atoms with van der Waals surface area (Å²) in [6, 6.07) is 8.95. The average Bonchev–Trinajstić information content (AvgIpc) is 2.58. The van der Waals surface area contributed by atoms with Crippen molar-refractivity contribution in [2.75, 3.05) is 18.2 Å². The number of nitrogens with one attached hydrogen (secondary N) is 1. The molecule has 0 fully saturated rings. The first-order chi connectivity index (χ1) is 11.9. The van der Waals surface area contributed by atoms with Crippen LogP contribution in [0.25, 0.3) is 0 Å². The summed E-state index contributed by atoms with van der Waals surface area (Å²) in [4.78, 5) is 23.6. The zero-order valence-corrected chi connectivity index (χ0v) is 15.5. The van der Waals surface area contributed by atoms with Crippen LogP contribution in [-0.4, -0.2) is 24.7 Å². The molecule has 2 aromatic rings. The number of thioether (sulfide) groups is 1. The molecule has 8 heteroatoms. The van der Waals surface area contributed by atoms with E-state index in [2.05, 4.69) is 10.1 Å². The van der Waals surface area contributed by atoms with Crippen molar-refractivity contribution < 1.29 is 18.7 Å². The van der Waals surface area contributed by atoms with E-state index in [0.29, 0.717) is 16.3 Å². The van der Waals surface area contributed by atoms with Crippen LogP contribution in [0.4, 0.5) is 10.1 Å². The third-order valence-electron chi connectivity index (χ3n) is 3.20. The zero-order valence-electron chi connectivity index (χ0n) is 13.1. The SMILES string of the molecule is COC(=O)c1cc(NC(=O)CSCc2c(F)cccc2Cl)ccc1Cl. The molecule has 25 heavy (non-hydrogen) atoms. The molecule has 132 valence electrons. The second kappa shape index (κ2) is 9.08. The van der Waals surface area contributed by atoms with Crippen LogP contribution in [0.1, 0.15) is 15.9 Å². The largest absolute Gasteiger partial charge is 0.465 e. The number of hydrogen-bond acceptors (Lipinski definition) is 4. The lowest BCUT2D eigenvalue weighted by Crippen LogP contribution is -2.15. The first-order valence-electron chi connectivity index (χ1n) is 7.10. The summed E-state index contributed by atoms with van der Waals surface area (Å²) in [5.41, 5.74) is 0.938. The minimum Gasteiger partial charge on any atom is -0.465 e. The molecular weight excluding hydrogens is 388 g/mol. The van der Waals surface area contributed by atoms with Gasteiger partial charge in [0.05, 0.1) is 23.4 Å². The van der Waals surface area contributed by atoms with Crippen LogP contribution in [0.5, 0.6) is 0 Å². The Hall–Kier alpha value is -1.76. The molecule has 0 spiro atoms. The Morgan fingerprint density at radius 3 is 2.64 bits per heavy atom. The number of hydrogen-bond donors (Lipinski definition) is 1. The predicted molar refractivity (Wildman–Crippen MR) is 99.0 cm³/mol. The summed E-state index contributed by atoms with van der Waals surface area (Å²) in [6.07, 6.45) is 0. The number of esters is 1. The van der Waals surface area contributed by atoms with E-state index in [4.69, 9.17) is 23.2 Å². The molecule has 0 heterocycles. The Kier molecular flexibility index (Phi) is 7.11. The highest BCUT2D eigenvalue weighted by molar-refractivity contribution is 7.99. The average molecular weight is 402 g/mol. The van der Waals surface area contributed by atoms with Crippen molar-refractivity contribution in [2.24, 2.45) is 0 Å². The standard InChI is InChI=1S/C17H14Cl2FNO3S/c1-24-17(23)11-7-10(5-6-14(11)19)21-16(22)9-25-8-12-13(18)3-2-4-15(12)20/h2-7H,8-9H2,1H3,(H,21,22). The Balaban J connectivity index is 1.93. The number of amides is 1. The van der Waals surface area contributed by atoms with Crippen molar-refractivity contribution in [2.45, 2.75) is 5.75 Å². The van der Waals surface area contributed by atoms with E-state index in [9.17, 15) is 14.0 Å². The molecule has 0 saturated heterocycles. The molecule has 0 aliphatic rings. The number of anilines is 1. The smallest absolute Gasteiger partial charge is 0.339 e. The molecule has 4 nitrogen and oxygen atoms in total. The molecule has 0 bridgehead atoms. The van der Waals surface area contributed by atoms with Gasteiger partial charge < -0.3 is 10.1 Å². The van der Waals surface area contributed by atoms with Crippen LogP contribution in [0, 0.1) is 5.82 Å². The van der Waals surface area contributed by atoms with Gasteiger partial charge >= 0.3 is 5.97 Å². The summed E-state index contributed by atoms with van der Waals surface area (Å²) in [5.74, 6) is -0.922. The maximum atomic E-state index is 13.7. The maximum Gasteiger partial charge on any atom is 0.339 e. The summed E-state index contributed by atoms with van der Waals surface area (Å²) in [7, 11) is 1.24. The third kappa shape index (κ3) is 5.36. The molecule has 0 aliphatic heterocycles. The van der Waals surface area contributed by atoms with E-state index in [1.54, 1.807) is 12.1 Å². The molecule has 0 aliphatic carbocycles. The highest BCUT2D eigenvalue weighted by Crippen LogP contribution is 2.25. The Morgan fingerprint density at radius 1 is 1.20 bits per heavy atom. The lowest BCUT2D eigenvalue weighted by molar-refractivity contribution is -0.113. The second-order valence-electron chi connectivity index (χ2n) is 4.93. The molecule has 0 aromatic heterocycles. The number of benzene rings is 2. The fourth-order valence-corrected chi connectivity index (χ4v) is 3.34. The van der Waals surface area contributed by atoms with Gasteiger partial charge in [0.15, 0.2) is 0 Å². The van der Waals surface area contributed by atoms with Gasteiger partial charge in [-0.05, 0) is 30.3 Å². The molecule has 0 unspecified atom stereocenters. The monoisotopic (exact) mass is 401 g/mol. The molecular formula is C17H14Cl2FNO3S. The minimum atomic E-state index is -0.593. The van der Waals surface area contributed by atoms with Crippen molar-refractivity contribution >= 4 is 52.5 Å². The second-order valence-corrected chi connectivity index (χ2v) is 6.73. The quantitative estimate of drug-likeness (QED) is 0.706. The van der Waals surface area contributed by atoms with Gasteiger partial charge in [0.1, 0.15) is 5.82 Å². The molecule has 0 radical (unpaired) electrons. The van der Waals surface area contributed by atoms with Gasteiger partial charge in [-0.2, -0.15) is 0 Å². The highest BCUT2D eigenvalue weighted by atomic mass is 35.5. The van der Waals surface area contributed by atoms with Crippen LogP contribution in [0.3, 0.4) is 0 Å². The van der Waals surface area contributed by atoms with Crippen molar-refractivity contribution in [1.82, 2.24) is 0 Å². The first kappa shape index (κ1) is 19.6. The minimum absolute atomic E-state index is 0.0981. The van der Waals surface area contributed by atoms with Crippen LogP contribution >= 0.6 is 35.0 Å². The molecule has 1 amide bonds. The van der Waals surface area contributed by atoms with E-state index in [-0.39, 0.29) is 28.0 Å². The third-order valence-corrected chi connectivity index (χ3v) is 4.84. The molecule has 0 atom stereocenters. The van der Waals surface area contributed by atoms with E-state index >= 15 is 0 Å². The van der Waals surface area contributed by atoms with E-state index < -0.39 is 11.8 Å². The Morgan fingerprint density at radius 2 is 1.96 bits per heavy atom. The Bertz CT molecular complexity index is 781. The first-order valence-corrected chi connectivity index (χ1v) is 9.01. The Labute approximate surface area is 158 Å². The molecule has 1 N–H and O–H groups in total. The molecule has 0 saturated carbocycles. The van der Waals surface area contributed by atoms with Gasteiger partial charge in [0, 0.05) is 22.0 Å². The van der Waals surface area contributed by atoms with Crippen LogP contribution < -0.4 is 5.32 Å². The zero-order chi connectivity index (χ0) is 18.4. The number of methoxy groups -OCH3 is 1. The van der Waals surface area contributed by atoms with Gasteiger partial charge in [0.25, 0.3) is 0 Å². The predicted octanol–water partition coefficient (Wildman–Crippen LogP) is 4.79. The number of rotatable bonds is 6. The number of carbonyl (C=O) groups is 2. The summed E-state index contributed by atoms with van der Waals surface area (Å²) in [5, 5.41) is 3.21. The number of halogens is 3. The molecule has 2 rings (SSSR count). The van der Waals surface area contributed by atoms with Crippen LogP contribution in [-0.2, 0) is 15.3 Å². The number of carbonyl (C=O) groups excluding carboxylic acids is 2. The molecule has 2 aromatic carbocycles. The lowest BCUT2D eigenvalue weighted by Gasteiger charge is -2.09. The van der Waals surface area contributed by atoms with E-state index in [1.807, 2.05) is 0 Å². The van der Waals surface area contributed by atoms with Crippen molar-refractivity contribution in [1.29, 1.82) is 0 Å². The van der Waals surface area contributed by atoms with Gasteiger partial charge in [-0.3, -0.25) is 4.79 Å². The summed E-state index contributed by atoms with van der Waals surface area (Å²) < 4.78 is 18.3. The summed E-state index contributed by atoms with van der Waals surface area (Å²) >= 11 is 13.1. The van der Waals surface area contributed by atoms with Crippen molar-refractivity contribution in [3.8, 4) is 0 Å². The van der Waals surface area contributed by atoms with Crippen molar-refractivity contribution in [3.63, 3.8) is 0 Å². The van der Waals surface area contributed by atoms with Gasteiger partial charge in [0.2, 0.25) is 5.91 Å². The van der Waals surface area contributed by atoms with E-state index in [1.165, 1.54) is 43.1 Å². The fraction of sp³-hybridized carbons (Fsp3) is 0.176. The van der Waals surface area contributed by atoms with E-state index in [0.717, 1.165) is 0 Å². The van der Waals surface area contributed by atoms with Crippen LogP contribution in [0.2, 0.25) is 10.0 Å². The van der Waals surface area contributed by atoms with Gasteiger partial charge in [-0.1, -0.05) is 29.3 Å². The maximum absolute atomic E-state index is 13.7. The normalized spacial score (nSPS) is 10.4. The highest BCUT2D eigenvalue weighted by Gasteiger charge is 2.13.